The van der Waals surface area contributed by atoms with Gasteiger partial charge in [-0.1, -0.05) is 23.1 Å². The molecule has 9 nitrogen and oxygen atoms in total. The van der Waals surface area contributed by atoms with Crippen LogP contribution in [0.3, 0.4) is 0 Å². The number of anilines is 2. The summed E-state index contributed by atoms with van der Waals surface area (Å²) in [5.74, 6) is -4.58. The molecule has 0 radical (unpaired) electrons. The third-order valence-electron chi connectivity index (χ3n) is 5.09. The highest BCUT2D eigenvalue weighted by molar-refractivity contribution is 7.99. The highest BCUT2D eigenvalue weighted by atomic mass is 32.2. The predicted molar refractivity (Wildman–Crippen MR) is 137 cm³/mol. The van der Waals surface area contributed by atoms with Gasteiger partial charge in [-0.25, -0.2) is 31.6 Å². The smallest absolute Gasteiger partial charge is 0.261 e. The van der Waals surface area contributed by atoms with E-state index in [-0.39, 0.29) is 36.7 Å². The lowest BCUT2D eigenvalue weighted by atomic mass is 10.3. The van der Waals surface area contributed by atoms with Gasteiger partial charge in [0.15, 0.2) is 28.2 Å². The molecule has 0 unspecified atom stereocenters. The minimum absolute atomic E-state index is 0.0359. The number of halogens is 3. The molecule has 2 heterocycles. The summed E-state index contributed by atoms with van der Waals surface area (Å²) in [5.41, 5.74) is 0.528. The van der Waals surface area contributed by atoms with Crippen molar-refractivity contribution in [2.75, 3.05) is 22.9 Å². The monoisotopic (exact) mass is 580 g/mol. The van der Waals surface area contributed by atoms with E-state index in [4.69, 9.17) is 9.15 Å². The zero-order valence-corrected chi connectivity index (χ0v) is 21.6. The quantitative estimate of drug-likeness (QED) is 0.185. The maximum absolute atomic E-state index is 13.9. The van der Waals surface area contributed by atoms with E-state index in [0.717, 1.165) is 29.2 Å². The predicted octanol–water partition coefficient (Wildman–Crippen LogP) is 5.40. The van der Waals surface area contributed by atoms with Crippen LogP contribution in [-0.2, 0) is 14.8 Å². The van der Waals surface area contributed by atoms with Gasteiger partial charge in [0.25, 0.3) is 15.2 Å². The first-order valence-corrected chi connectivity index (χ1v) is 13.9. The number of oxazole rings is 1. The highest BCUT2D eigenvalue weighted by Crippen LogP contribution is 2.31. The van der Waals surface area contributed by atoms with Gasteiger partial charge in [0.05, 0.1) is 22.5 Å². The number of carbonyl (C=O) groups excluding carboxylic acids is 1. The molecule has 0 aliphatic heterocycles. The largest absolute Gasteiger partial charge is 0.497 e. The summed E-state index contributed by atoms with van der Waals surface area (Å²) in [7, 11) is -2.42. The molecule has 1 amide bonds. The maximum atomic E-state index is 13.9. The number of ether oxygens (including phenoxy) is 1. The molecule has 38 heavy (non-hydrogen) atoms. The SMILES string of the molecule is COc1ccc(NS(=O)(=O)c2ccc3oc(SCC(=O)Nc4nc5c(F)c(F)c(F)cc5s4)nc3c2)cc1. The van der Waals surface area contributed by atoms with Crippen LogP contribution in [0.5, 0.6) is 5.75 Å². The van der Waals surface area contributed by atoms with Crippen LogP contribution in [0.4, 0.5) is 24.0 Å². The number of hydrogen-bond acceptors (Lipinski definition) is 9. The van der Waals surface area contributed by atoms with Crippen molar-refractivity contribution in [3.8, 4) is 5.75 Å². The summed E-state index contributed by atoms with van der Waals surface area (Å²) in [5, 5.41) is 2.50. The van der Waals surface area contributed by atoms with Crippen molar-refractivity contribution in [1.82, 2.24) is 9.97 Å². The lowest BCUT2D eigenvalue weighted by Crippen LogP contribution is -2.13. The summed E-state index contributed by atoms with van der Waals surface area (Å²) in [4.78, 5) is 20.3. The van der Waals surface area contributed by atoms with Crippen molar-refractivity contribution in [1.29, 1.82) is 0 Å². The average molecular weight is 581 g/mol. The fourth-order valence-corrected chi connectivity index (χ4v) is 5.92. The second kappa shape index (κ2) is 10.2. The van der Waals surface area contributed by atoms with Gasteiger partial charge in [-0.3, -0.25) is 9.52 Å². The zero-order chi connectivity index (χ0) is 27.0. The van der Waals surface area contributed by atoms with Crippen LogP contribution in [0.2, 0.25) is 0 Å². The van der Waals surface area contributed by atoms with Crippen molar-refractivity contribution in [2.45, 2.75) is 10.1 Å². The molecule has 0 fully saturated rings. The van der Waals surface area contributed by atoms with Crippen LogP contribution < -0.4 is 14.8 Å². The van der Waals surface area contributed by atoms with Gasteiger partial charge in [0.1, 0.15) is 16.8 Å². The first kappa shape index (κ1) is 25.8. The van der Waals surface area contributed by atoms with E-state index >= 15 is 0 Å². The maximum Gasteiger partial charge on any atom is 0.261 e. The Balaban J connectivity index is 1.25. The number of carbonyl (C=O) groups is 1. The van der Waals surface area contributed by atoms with Crippen molar-refractivity contribution in [3.05, 3.63) is 66.0 Å². The Morgan fingerprint density at radius 3 is 2.58 bits per heavy atom. The van der Waals surface area contributed by atoms with E-state index in [0.29, 0.717) is 17.0 Å². The Morgan fingerprint density at radius 2 is 1.84 bits per heavy atom. The van der Waals surface area contributed by atoms with Crippen LogP contribution in [0.15, 0.2) is 63.1 Å². The Hall–Kier alpha value is -3.82. The number of nitrogens with zero attached hydrogens (tertiary/aromatic N) is 2. The molecule has 2 aromatic heterocycles. The second-order valence-electron chi connectivity index (χ2n) is 7.63. The van der Waals surface area contributed by atoms with E-state index in [9.17, 15) is 26.4 Å². The first-order valence-electron chi connectivity index (χ1n) is 10.6. The van der Waals surface area contributed by atoms with E-state index in [1.807, 2.05) is 0 Å². The van der Waals surface area contributed by atoms with Gasteiger partial charge < -0.3 is 14.5 Å². The first-order chi connectivity index (χ1) is 18.1. The van der Waals surface area contributed by atoms with Gasteiger partial charge in [0.2, 0.25) is 5.91 Å². The number of rotatable bonds is 8. The summed E-state index contributed by atoms with van der Waals surface area (Å²) in [6.07, 6.45) is 0. The van der Waals surface area contributed by atoms with Gasteiger partial charge in [-0.05, 0) is 48.5 Å². The van der Waals surface area contributed by atoms with Gasteiger partial charge >= 0.3 is 0 Å². The Kier molecular flexibility index (Phi) is 6.90. The molecule has 0 atom stereocenters. The number of hydrogen-bond donors (Lipinski definition) is 2. The third kappa shape index (κ3) is 5.25. The minimum atomic E-state index is -3.92. The number of amides is 1. The number of nitrogens with one attached hydrogen (secondary N) is 2. The normalized spacial score (nSPS) is 11.7. The van der Waals surface area contributed by atoms with Gasteiger partial charge in [-0.15, -0.1) is 0 Å². The Bertz CT molecular complexity index is 1790. The lowest BCUT2D eigenvalue weighted by molar-refractivity contribution is -0.113. The molecule has 2 N–H and O–H groups in total. The summed E-state index contributed by atoms with van der Waals surface area (Å²) >= 11 is 1.71. The fourth-order valence-electron chi connectivity index (χ4n) is 3.30. The minimum Gasteiger partial charge on any atom is -0.497 e. The number of thioether (sulfide) groups is 1. The van der Waals surface area contributed by atoms with Crippen LogP contribution >= 0.6 is 23.1 Å². The molecule has 5 rings (SSSR count). The van der Waals surface area contributed by atoms with E-state index in [1.165, 1.54) is 25.3 Å². The van der Waals surface area contributed by atoms with E-state index in [1.54, 1.807) is 24.3 Å². The van der Waals surface area contributed by atoms with Crippen LogP contribution in [-0.4, -0.2) is 37.2 Å². The Labute approximate surface area is 221 Å². The topological polar surface area (TPSA) is 123 Å². The van der Waals surface area contributed by atoms with Crippen molar-refractivity contribution in [3.63, 3.8) is 0 Å². The van der Waals surface area contributed by atoms with Crippen molar-refractivity contribution >= 4 is 71.2 Å². The molecule has 0 spiro atoms. The Morgan fingerprint density at radius 1 is 1.08 bits per heavy atom. The molecule has 0 saturated carbocycles. The average Bonchev–Trinajstić information content (AvgIpc) is 3.49. The number of methoxy groups -OCH3 is 1. The van der Waals surface area contributed by atoms with E-state index in [2.05, 4.69) is 20.0 Å². The zero-order valence-electron chi connectivity index (χ0n) is 19.1. The van der Waals surface area contributed by atoms with E-state index < -0.39 is 33.4 Å². The molecule has 0 saturated heterocycles. The molecular weight excluding hydrogens is 565 g/mol. The number of fused-ring (bicyclic) bond motifs is 2. The molecule has 0 bridgehead atoms. The molecule has 0 aliphatic rings. The standard InChI is InChI=1S/C23H15F3N4O5S3/c1-34-12-4-2-11(3-5-12)30-38(32,33)13-6-7-16-15(8-13)27-23(35-16)36-10-18(31)28-22-29-21-17(37-22)9-14(24)19(25)20(21)26/h2-9,30H,10H2,1H3,(H,28,29,31). The summed E-state index contributed by atoms with van der Waals surface area (Å²) in [6.45, 7) is 0. The summed E-state index contributed by atoms with van der Waals surface area (Å²) in [6, 6.07) is 11.3. The van der Waals surface area contributed by atoms with Crippen LogP contribution in [0.1, 0.15) is 0 Å². The van der Waals surface area contributed by atoms with Crippen molar-refractivity contribution < 1.29 is 35.5 Å². The molecule has 5 aromatic rings. The molecule has 3 aromatic carbocycles. The summed E-state index contributed by atoms with van der Waals surface area (Å²) < 4.78 is 79.4. The van der Waals surface area contributed by atoms with Crippen molar-refractivity contribution in [2.24, 2.45) is 0 Å². The van der Waals surface area contributed by atoms with Crippen LogP contribution in [0.25, 0.3) is 21.3 Å². The second-order valence-corrected chi connectivity index (χ2v) is 11.3. The molecule has 15 heteroatoms. The number of sulfonamides is 1. The van der Waals surface area contributed by atoms with Gasteiger partial charge in [-0.2, -0.15) is 0 Å². The fraction of sp³-hybridized carbons (Fsp3) is 0.0870. The van der Waals surface area contributed by atoms with Gasteiger partial charge in [0, 0.05) is 5.69 Å². The molecule has 0 aliphatic carbocycles. The number of benzene rings is 3. The number of aromatic nitrogens is 2. The number of thiazole rings is 1. The highest BCUT2D eigenvalue weighted by Gasteiger charge is 2.20. The molecular formula is C23H15F3N4O5S3. The molecule has 196 valence electrons. The third-order valence-corrected chi connectivity index (χ3v) is 8.21. The van der Waals surface area contributed by atoms with Crippen LogP contribution in [0, 0.1) is 17.5 Å². The lowest BCUT2D eigenvalue weighted by Gasteiger charge is -2.08.